The average Bonchev–Trinajstić information content (AvgIpc) is 2.69. The van der Waals surface area contributed by atoms with Crippen molar-refractivity contribution in [2.75, 3.05) is 0 Å². The van der Waals surface area contributed by atoms with Crippen molar-refractivity contribution in [2.24, 2.45) is 0 Å². The van der Waals surface area contributed by atoms with E-state index in [1.165, 1.54) is 12.1 Å². The van der Waals surface area contributed by atoms with Gasteiger partial charge in [0.1, 0.15) is 11.6 Å². The summed E-state index contributed by atoms with van der Waals surface area (Å²) in [6.07, 6.45) is 0. The van der Waals surface area contributed by atoms with Gasteiger partial charge in [0.15, 0.2) is 11.0 Å². The van der Waals surface area contributed by atoms with Gasteiger partial charge < -0.3 is 4.42 Å². The standard InChI is InChI=1S/C11H4BrClF2O2/c12-6-4-7(14)5(3-8(6)15)11(16)9-1-2-10(13)17-9/h1-4H. The SMILES string of the molecule is O=C(c1ccc(Cl)o1)c1cc(F)c(Br)cc1F. The molecule has 0 saturated heterocycles. The number of carbonyl (C=O) groups excluding carboxylic acids is 1. The Morgan fingerprint density at radius 1 is 1.24 bits per heavy atom. The highest BCUT2D eigenvalue weighted by molar-refractivity contribution is 9.10. The molecular weight excluding hydrogens is 317 g/mol. The second-order valence-corrected chi connectivity index (χ2v) is 4.41. The number of furan rings is 1. The second kappa shape index (κ2) is 4.58. The van der Waals surface area contributed by atoms with Gasteiger partial charge in [0.25, 0.3) is 0 Å². The molecule has 17 heavy (non-hydrogen) atoms. The predicted molar refractivity (Wildman–Crippen MR) is 61.2 cm³/mol. The lowest BCUT2D eigenvalue weighted by atomic mass is 10.1. The summed E-state index contributed by atoms with van der Waals surface area (Å²) in [5, 5.41) is 0.00587. The number of carbonyl (C=O) groups is 1. The van der Waals surface area contributed by atoms with E-state index in [2.05, 4.69) is 15.9 Å². The molecule has 0 saturated carbocycles. The lowest BCUT2D eigenvalue weighted by Gasteiger charge is -2.02. The van der Waals surface area contributed by atoms with Crippen molar-refractivity contribution in [1.29, 1.82) is 0 Å². The molecule has 2 nitrogen and oxygen atoms in total. The van der Waals surface area contributed by atoms with Crippen LogP contribution in [0.1, 0.15) is 16.1 Å². The van der Waals surface area contributed by atoms with Gasteiger partial charge in [-0.05, 0) is 51.8 Å². The number of halogens is 4. The fourth-order valence-electron chi connectivity index (χ4n) is 1.27. The van der Waals surface area contributed by atoms with Crippen molar-refractivity contribution in [1.82, 2.24) is 0 Å². The Hall–Kier alpha value is -1.20. The zero-order valence-electron chi connectivity index (χ0n) is 8.14. The quantitative estimate of drug-likeness (QED) is 0.613. The fourth-order valence-corrected chi connectivity index (χ4v) is 1.73. The molecule has 0 spiro atoms. The normalized spacial score (nSPS) is 10.6. The predicted octanol–water partition coefficient (Wildman–Crippen LogP) is 4.20. The molecule has 0 aliphatic rings. The third kappa shape index (κ3) is 2.40. The van der Waals surface area contributed by atoms with Gasteiger partial charge >= 0.3 is 0 Å². The van der Waals surface area contributed by atoms with Crippen LogP contribution in [-0.2, 0) is 0 Å². The molecule has 0 atom stereocenters. The van der Waals surface area contributed by atoms with E-state index in [-0.39, 0.29) is 15.5 Å². The van der Waals surface area contributed by atoms with Crippen molar-refractivity contribution in [2.45, 2.75) is 0 Å². The van der Waals surface area contributed by atoms with E-state index < -0.39 is 23.0 Å². The summed E-state index contributed by atoms with van der Waals surface area (Å²) in [5.74, 6) is -2.47. The van der Waals surface area contributed by atoms with Gasteiger partial charge in [-0.1, -0.05) is 0 Å². The van der Waals surface area contributed by atoms with Crippen LogP contribution in [0.25, 0.3) is 0 Å². The average molecular weight is 322 g/mol. The highest BCUT2D eigenvalue weighted by atomic mass is 79.9. The van der Waals surface area contributed by atoms with Crippen LogP contribution < -0.4 is 0 Å². The van der Waals surface area contributed by atoms with Crippen LogP contribution in [0.4, 0.5) is 8.78 Å². The Morgan fingerprint density at radius 2 is 1.94 bits per heavy atom. The Kier molecular flexibility index (Phi) is 3.31. The number of hydrogen-bond acceptors (Lipinski definition) is 2. The van der Waals surface area contributed by atoms with E-state index in [4.69, 9.17) is 16.0 Å². The molecule has 1 aromatic heterocycles. The maximum absolute atomic E-state index is 13.5. The molecule has 2 rings (SSSR count). The maximum Gasteiger partial charge on any atom is 0.231 e. The molecule has 0 aliphatic carbocycles. The van der Waals surface area contributed by atoms with Crippen molar-refractivity contribution in [3.63, 3.8) is 0 Å². The molecule has 0 unspecified atom stereocenters. The highest BCUT2D eigenvalue weighted by Gasteiger charge is 2.19. The minimum absolute atomic E-state index is 0.00587. The first-order valence-electron chi connectivity index (χ1n) is 4.43. The second-order valence-electron chi connectivity index (χ2n) is 3.18. The number of rotatable bonds is 2. The van der Waals surface area contributed by atoms with Gasteiger partial charge in [-0.25, -0.2) is 8.78 Å². The molecule has 0 bridgehead atoms. The summed E-state index contributed by atoms with van der Waals surface area (Å²) in [6, 6.07) is 4.33. The number of ketones is 1. The molecule has 0 aliphatic heterocycles. The summed E-state index contributed by atoms with van der Waals surface area (Å²) < 4.78 is 31.5. The first-order chi connectivity index (χ1) is 7.99. The van der Waals surface area contributed by atoms with Crippen molar-refractivity contribution >= 4 is 33.3 Å². The van der Waals surface area contributed by atoms with Crippen LogP contribution >= 0.6 is 27.5 Å². The molecule has 1 aromatic carbocycles. The lowest BCUT2D eigenvalue weighted by molar-refractivity contribution is 0.100. The zero-order valence-corrected chi connectivity index (χ0v) is 10.5. The molecule has 0 N–H and O–H groups in total. The van der Waals surface area contributed by atoms with Crippen LogP contribution in [-0.4, -0.2) is 5.78 Å². The van der Waals surface area contributed by atoms with Gasteiger partial charge in [0, 0.05) is 0 Å². The molecule has 1 heterocycles. The summed E-state index contributed by atoms with van der Waals surface area (Å²) in [7, 11) is 0. The third-order valence-electron chi connectivity index (χ3n) is 2.05. The molecule has 0 fully saturated rings. The Morgan fingerprint density at radius 3 is 2.53 bits per heavy atom. The smallest absolute Gasteiger partial charge is 0.231 e. The van der Waals surface area contributed by atoms with E-state index >= 15 is 0 Å². The van der Waals surface area contributed by atoms with Crippen molar-refractivity contribution in [3.8, 4) is 0 Å². The van der Waals surface area contributed by atoms with Gasteiger partial charge in [0.2, 0.25) is 5.78 Å². The first kappa shape index (κ1) is 12.3. The summed E-state index contributed by atoms with van der Waals surface area (Å²) in [5.41, 5.74) is -0.406. The Labute approximate surface area is 108 Å². The Bertz CT molecular complexity index is 595. The summed E-state index contributed by atoms with van der Waals surface area (Å²) in [6.45, 7) is 0. The summed E-state index contributed by atoms with van der Waals surface area (Å²) >= 11 is 8.31. The maximum atomic E-state index is 13.5. The van der Waals surface area contributed by atoms with Crippen LogP contribution in [0, 0.1) is 11.6 Å². The molecule has 0 amide bonds. The molecule has 88 valence electrons. The van der Waals surface area contributed by atoms with E-state index in [1.54, 1.807) is 0 Å². The number of benzene rings is 1. The number of hydrogen-bond donors (Lipinski definition) is 0. The van der Waals surface area contributed by atoms with Gasteiger partial charge in [0.05, 0.1) is 10.0 Å². The van der Waals surface area contributed by atoms with Crippen molar-refractivity contribution in [3.05, 3.63) is 56.9 Å². The largest absolute Gasteiger partial charge is 0.441 e. The topological polar surface area (TPSA) is 30.2 Å². The van der Waals surface area contributed by atoms with Gasteiger partial charge in [-0.3, -0.25) is 4.79 Å². The Balaban J connectivity index is 2.47. The fraction of sp³-hybridized carbons (Fsp3) is 0. The van der Waals surface area contributed by atoms with Crippen LogP contribution in [0.5, 0.6) is 0 Å². The molecule has 6 heteroatoms. The minimum atomic E-state index is -0.837. The highest BCUT2D eigenvalue weighted by Crippen LogP contribution is 2.23. The van der Waals surface area contributed by atoms with Crippen LogP contribution in [0.15, 0.2) is 33.2 Å². The zero-order chi connectivity index (χ0) is 12.6. The summed E-state index contributed by atoms with van der Waals surface area (Å²) in [4.78, 5) is 11.8. The van der Waals surface area contributed by atoms with E-state index in [0.717, 1.165) is 12.1 Å². The van der Waals surface area contributed by atoms with Crippen LogP contribution in [0.2, 0.25) is 5.22 Å². The van der Waals surface area contributed by atoms with Crippen LogP contribution in [0.3, 0.4) is 0 Å². The van der Waals surface area contributed by atoms with Crippen molar-refractivity contribution < 1.29 is 18.0 Å². The van der Waals surface area contributed by atoms with E-state index in [0.29, 0.717) is 0 Å². The monoisotopic (exact) mass is 320 g/mol. The lowest BCUT2D eigenvalue weighted by Crippen LogP contribution is -2.04. The first-order valence-corrected chi connectivity index (χ1v) is 5.60. The molecule has 0 radical (unpaired) electrons. The van der Waals surface area contributed by atoms with Gasteiger partial charge in [-0.2, -0.15) is 0 Å². The van der Waals surface area contributed by atoms with E-state index in [1.807, 2.05) is 0 Å². The molecular formula is C11H4BrClF2O2. The van der Waals surface area contributed by atoms with Gasteiger partial charge in [-0.15, -0.1) is 0 Å². The van der Waals surface area contributed by atoms with E-state index in [9.17, 15) is 13.6 Å². The third-order valence-corrected chi connectivity index (χ3v) is 2.86. The molecule has 2 aromatic rings. The minimum Gasteiger partial charge on any atom is -0.441 e.